The Morgan fingerprint density at radius 1 is 0.328 bits per heavy atom. The number of hydrogen-bond donors (Lipinski definition) is 0. The molecule has 0 radical (unpaired) electrons. The van der Waals surface area contributed by atoms with Gasteiger partial charge >= 0.3 is 0 Å². The zero-order valence-electron chi connectivity index (χ0n) is 32.8. The summed E-state index contributed by atoms with van der Waals surface area (Å²) in [5.74, 6) is 0. The van der Waals surface area contributed by atoms with E-state index in [1.807, 2.05) is 0 Å². The molecule has 0 amide bonds. The summed E-state index contributed by atoms with van der Waals surface area (Å²) >= 11 is 0. The predicted molar refractivity (Wildman–Crippen MR) is 244 cm³/mol. The molecule has 1 heteroatoms. The Balaban J connectivity index is 1.26. The van der Waals surface area contributed by atoms with Gasteiger partial charge in [0.25, 0.3) is 0 Å². The Kier molecular flexibility index (Phi) is 8.92. The molecule has 10 rings (SSSR count). The van der Waals surface area contributed by atoms with Gasteiger partial charge in [0.2, 0.25) is 0 Å². The fourth-order valence-electron chi connectivity index (χ4n) is 9.19. The van der Waals surface area contributed by atoms with Gasteiger partial charge in [-0.15, -0.1) is 0 Å². The van der Waals surface area contributed by atoms with Crippen molar-refractivity contribution < 1.29 is 0 Å². The van der Waals surface area contributed by atoms with Crippen molar-refractivity contribution in [3.8, 4) is 44.5 Å². The molecule has 1 nitrogen and oxygen atoms in total. The first kappa shape index (κ1) is 35.2. The minimum Gasteiger partial charge on any atom is -0.310 e. The molecular weight excluding hydrogens is 699 g/mol. The van der Waals surface area contributed by atoms with Crippen LogP contribution in [0.3, 0.4) is 0 Å². The Morgan fingerprint density at radius 2 is 0.810 bits per heavy atom. The van der Waals surface area contributed by atoms with E-state index in [4.69, 9.17) is 0 Å². The molecule has 0 bridgehead atoms. The predicted octanol–water partition coefficient (Wildman–Crippen LogP) is 15.1. The van der Waals surface area contributed by atoms with E-state index in [-0.39, 0.29) is 0 Å². The van der Waals surface area contributed by atoms with Gasteiger partial charge in [0.1, 0.15) is 0 Å². The van der Waals surface area contributed by atoms with Crippen molar-refractivity contribution in [1.82, 2.24) is 0 Å². The summed E-state index contributed by atoms with van der Waals surface area (Å²) in [5, 5.41) is 0. The highest BCUT2D eigenvalue weighted by atomic mass is 15.1. The van der Waals surface area contributed by atoms with Crippen molar-refractivity contribution in [1.29, 1.82) is 0 Å². The van der Waals surface area contributed by atoms with Crippen molar-refractivity contribution in [2.75, 3.05) is 4.90 Å². The molecule has 0 saturated heterocycles. The number of fused-ring (bicyclic) bond motifs is 3. The second-order valence-electron chi connectivity index (χ2n) is 15.5. The summed E-state index contributed by atoms with van der Waals surface area (Å²) < 4.78 is 0. The lowest BCUT2D eigenvalue weighted by molar-refractivity contribution is 0.767. The van der Waals surface area contributed by atoms with Gasteiger partial charge in [0.05, 0.1) is 11.1 Å². The van der Waals surface area contributed by atoms with Crippen LogP contribution in [0.15, 0.2) is 224 Å². The van der Waals surface area contributed by atoms with E-state index in [1.165, 1.54) is 83.6 Å². The lowest BCUT2D eigenvalue weighted by atomic mass is 9.66. The van der Waals surface area contributed by atoms with Gasteiger partial charge in [-0.25, -0.2) is 0 Å². The molecule has 1 aliphatic carbocycles. The van der Waals surface area contributed by atoms with E-state index in [0.29, 0.717) is 0 Å². The minimum absolute atomic E-state index is 0.600. The first-order valence-corrected chi connectivity index (χ1v) is 20.2. The van der Waals surface area contributed by atoms with Crippen molar-refractivity contribution in [3.63, 3.8) is 0 Å². The third-order valence-corrected chi connectivity index (χ3v) is 11.8. The van der Waals surface area contributed by atoms with Crippen molar-refractivity contribution in [3.05, 3.63) is 258 Å². The number of benzene rings is 9. The van der Waals surface area contributed by atoms with Crippen LogP contribution in [-0.4, -0.2) is 0 Å². The van der Waals surface area contributed by atoms with Crippen molar-refractivity contribution in [2.45, 2.75) is 19.3 Å². The second kappa shape index (κ2) is 14.7. The van der Waals surface area contributed by atoms with Crippen LogP contribution in [0, 0.1) is 13.8 Å². The SMILES string of the molecule is Cc1ccc2c(c1)C(c1ccc(-c3ccccc3)cc1)(c1cccc(-c3ccccc3)c1)c1cc(C)cc(N(c3ccccc3)c3ccc(-c4ccccc4)cc3)c1-2. The maximum absolute atomic E-state index is 2.46. The average molecular weight is 742 g/mol. The van der Waals surface area contributed by atoms with E-state index in [2.05, 4.69) is 243 Å². The molecule has 1 aliphatic rings. The van der Waals surface area contributed by atoms with Crippen molar-refractivity contribution >= 4 is 17.1 Å². The van der Waals surface area contributed by atoms with Crippen LogP contribution in [0.1, 0.15) is 33.4 Å². The Labute approximate surface area is 342 Å². The first-order chi connectivity index (χ1) is 28.6. The van der Waals surface area contributed by atoms with Crippen LogP contribution < -0.4 is 4.90 Å². The molecule has 1 atom stereocenters. The Morgan fingerprint density at radius 3 is 1.41 bits per heavy atom. The zero-order valence-corrected chi connectivity index (χ0v) is 32.8. The first-order valence-electron chi connectivity index (χ1n) is 20.2. The van der Waals surface area contributed by atoms with Gasteiger partial charge in [-0.3, -0.25) is 0 Å². The lowest BCUT2D eigenvalue weighted by Gasteiger charge is -2.35. The maximum atomic E-state index is 2.46. The highest BCUT2D eigenvalue weighted by Gasteiger charge is 2.48. The summed E-state index contributed by atoms with van der Waals surface area (Å²) in [6.45, 7) is 4.48. The third kappa shape index (κ3) is 6.04. The number of para-hydroxylation sites is 1. The third-order valence-electron chi connectivity index (χ3n) is 11.8. The van der Waals surface area contributed by atoms with Gasteiger partial charge in [0.15, 0.2) is 0 Å². The smallest absolute Gasteiger partial charge is 0.0714 e. The van der Waals surface area contributed by atoms with Gasteiger partial charge in [-0.2, -0.15) is 0 Å². The number of hydrogen-bond acceptors (Lipinski definition) is 1. The second-order valence-corrected chi connectivity index (χ2v) is 15.5. The Bertz CT molecular complexity index is 2860. The molecule has 0 aromatic heterocycles. The molecule has 0 heterocycles. The van der Waals surface area contributed by atoms with Gasteiger partial charge in [0, 0.05) is 16.9 Å². The molecule has 0 N–H and O–H groups in total. The van der Waals surface area contributed by atoms with Crippen LogP contribution >= 0.6 is 0 Å². The molecule has 0 aliphatic heterocycles. The zero-order chi connectivity index (χ0) is 39.1. The van der Waals surface area contributed by atoms with Crippen molar-refractivity contribution in [2.24, 2.45) is 0 Å². The number of anilines is 3. The quantitative estimate of drug-likeness (QED) is 0.150. The highest BCUT2D eigenvalue weighted by Crippen LogP contribution is 2.60. The molecular formula is C57H43N. The van der Waals surface area contributed by atoms with E-state index < -0.39 is 5.41 Å². The van der Waals surface area contributed by atoms with Crippen LogP contribution in [0.5, 0.6) is 0 Å². The Hall–Kier alpha value is -7.22. The normalized spacial score (nSPS) is 14.1. The summed E-state index contributed by atoms with van der Waals surface area (Å²) in [6.07, 6.45) is 0. The fraction of sp³-hybridized carbons (Fsp3) is 0.0526. The van der Waals surface area contributed by atoms with Crippen LogP contribution in [0.2, 0.25) is 0 Å². The van der Waals surface area contributed by atoms with E-state index >= 15 is 0 Å². The summed E-state index contributed by atoms with van der Waals surface area (Å²) in [5.41, 5.74) is 20.1. The fourth-order valence-corrected chi connectivity index (χ4v) is 9.19. The summed E-state index contributed by atoms with van der Waals surface area (Å²) in [4.78, 5) is 2.46. The van der Waals surface area contributed by atoms with E-state index in [0.717, 1.165) is 11.4 Å². The standard InChI is InChI=1S/C57H43N/c1-40-26-35-52-53(36-40)57(48-31-27-45(28-32-48)42-16-7-3-8-17-42,49-23-15-22-47(39-49)44-20-11-5-12-21-44)54-37-41(2)38-55(56(52)54)58(50-24-13-6-14-25-50)51-33-29-46(30-34-51)43-18-9-4-10-19-43/h3-39H,1-2H3. The monoisotopic (exact) mass is 741 g/mol. The molecule has 9 aromatic rings. The largest absolute Gasteiger partial charge is 0.310 e. The van der Waals surface area contributed by atoms with Gasteiger partial charge in [-0.05, 0) is 117 Å². The molecule has 276 valence electrons. The minimum atomic E-state index is -0.600. The topological polar surface area (TPSA) is 3.24 Å². The van der Waals surface area contributed by atoms with E-state index in [1.54, 1.807) is 0 Å². The van der Waals surface area contributed by atoms with Crippen LogP contribution in [-0.2, 0) is 5.41 Å². The number of nitrogens with zero attached hydrogens (tertiary/aromatic N) is 1. The van der Waals surface area contributed by atoms with Crippen LogP contribution in [0.25, 0.3) is 44.5 Å². The summed E-state index contributed by atoms with van der Waals surface area (Å²) in [6, 6.07) is 82.5. The van der Waals surface area contributed by atoms with Gasteiger partial charge < -0.3 is 4.90 Å². The lowest BCUT2D eigenvalue weighted by Crippen LogP contribution is -2.29. The highest BCUT2D eigenvalue weighted by molar-refractivity contribution is 5.98. The number of rotatable bonds is 8. The summed E-state index contributed by atoms with van der Waals surface area (Å²) in [7, 11) is 0. The molecule has 1 unspecified atom stereocenters. The van der Waals surface area contributed by atoms with E-state index in [9.17, 15) is 0 Å². The molecule has 0 saturated carbocycles. The average Bonchev–Trinajstić information content (AvgIpc) is 3.57. The molecule has 0 fully saturated rings. The van der Waals surface area contributed by atoms with Gasteiger partial charge in [-0.1, -0.05) is 194 Å². The maximum Gasteiger partial charge on any atom is 0.0714 e. The molecule has 58 heavy (non-hydrogen) atoms. The van der Waals surface area contributed by atoms with Crippen LogP contribution in [0.4, 0.5) is 17.1 Å². The number of aryl methyl sites for hydroxylation is 2. The molecule has 0 spiro atoms. The molecule has 9 aromatic carbocycles.